The minimum absolute atomic E-state index is 0.0361. The number of piperidine rings is 1. The number of nitrogens with one attached hydrogen (secondary N) is 4. The van der Waals surface area contributed by atoms with E-state index in [0.29, 0.717) is 28.7 Å². The van der Waals surface area contributed by atoms with Gasteiger partial charge in [0.2, 0.25) is 5.91 Å². The van der Waals surface area contributed by atoms with Crippen molar-refractivity contribution in [3.05, 3.63) is 0 Å². The van der Waals surface area contributed by atoms with E-state index in [0.717, 1.165) is 31.8 Å². The summed E-state index contributed by atoms with van der Waals surface area (Å²) in [6.07, 6.45) is 12.3. The summed E-state index contributed by atoms with van der Waals surface area (Å²) >= 11 is 2.01. The molecule has 4 fully saturated rings. The second-order valence-electron chi connectivity index (χ2n) is 9.51. The molecular formula is C21H39N5OS. The average Bonchev–Trinajstić information content (AvgIpc) is 3.12. The first-order valence-electron chi connectivity index (χ1n) is 11.5. The van der Waals surface area contributed by atoms with Gasteiger partial charge in [-0.3, -0.25) is 9.69 Å². The number of hydrogen-bond donors (Lipinski definition) is 4. The van der Waals surface area contributed by atoms with E-state index in [9.17, 15) is 4.79 Å². The Balaban J connectivity index is 1.24. The molecule has 28 heavy (non-hydrogen) atoms. The van der Waals surface area contributed by atoms with Crippen LogP contribution in [0.5, 0.6) is 0 Å². The van der Waals surface area contributed by atoms with E-state index in [4.69, 9.17) is 0 Å². The molecule has 0 aromatic rings. The van der Waals surface area contributed by atoms with E-state index in [2.05, 4.69) is 40.4 Å². The quantitative estimate of drug-likeness (QED) is 0.559. The second-order valence-corrected chi connectivity index (χ2v) is 11.0. The van der Waals surface area contributed by atoms with Crippen molar-refractivity contribution >= 4 is 17.7 Å². The lowest BCUT2D eigenvalue weighted by Crippen LogP contribution is -2.56. The van der Waals surface area contributed by atoms with Crippen LogP contribution in [0.1, 0.15) is 71.1 Å². The molecule has 160 valence electrons. The number of hydrazine groups is 1. The van der Waals surface area contributed by atoms with E-state index in [1.54, 1.807) is 0 Å². The summed E-state index contributed by atoms with van der Waals surface area (Å²) in [6.45, 7) is 3.25. The molecule has 4 aliphatic rings. The van der Waals surface area contributed by atoms with Crippen LogP contribution < -0.4 is 21.5 Å². The summed E-state index contributed by atoms with van der Waals surface area (Å²) in [5.74, 6) is 1.75. The molecule has 2 saturated carbocycles. The molecule has 6 nitrogen and oxygen atoms in total. The van der Waals surface area contributed by atoms with Crippen molar-refractivity contribution in [2.45, 2.75) is 100 Å². The molecule has 7 heteroatoms. The Hall–Kier alpha value is -0.340. The van der Waals surface area contributed by atoms with Gasteiger partial charge < -0.3 is 10.6 Å². The van der Waals surface area contributed by atoms with Gasteiger partial charge in [0.1, 0.15) is 5.50 Å². The van der Waals surface area contributed by atoms with E-state index >= 15 is 0 Å². The third-order valence-corrected chi connectivity index (χ3v) is 9.04. The number of carbonyl (C=O) groups excluding carboxylic acids is 1. The first-order valence-corrected chi connectivity index (χ1v) is 12.4. The van der Waals surface area contributed by atoms with Gasteiger partial charge in [-0.05, 0) is 63.8 Å². The van der Waals surface area contributed by atoms with Gasteiger partial charge >= 0.3 is 0 Å². The molecule has 7 unspecified atom stereocenters. The number of rotatable bonds is 5. The van der Waals surface area contributed by atoms with Crippen molar-refractivity contribution < 1.29 is 4.79 Å². The van der Waals surface area contributed by atoms with Crippen molar-refractivity contribution in [3.8, 4) is 0 Å². The van der Waals surface area contributed by atoms with Gasteiger partial charge in [-0.1, -0.05) is 26.2 Å². The van der Waals surface area contributed by atoms with Crippen LogP contribution in [0.3, 0.4) is 0 Å². The van der Waals surface area contributed by atoms with Crippen molar-refractivity contribution in [1.82, 2.24) is 26.4 Å². The predicted molar refractivity (Wildman–Crippen MR) is 116 cm³/mol. The van der Waals surface area contributed by atoms with Crippen LogP contribution in [0.4, 0.5) is 0 Å². The predicted octanol–water partition coefficient (Wildman–Crippen LogP) is 2.37. The summed E-state index contributed by atoms with van der Waals surface area (Å²) < 4.78 is 0. The molecule has 2 saturated heterocycles. The molecule has 1 amide bonds. The number of hydrogen-bond acceptors (Lipinski definition) is 6. The van der Waals surface area contributed by atoms with E-state index in [1.807, 2.05) is 11.8 Å². The third-order valence-electron chi connectivity index (χ3n) is 7.49. The van der Waals surface area contributed by atoms with Gasteiger partial charge in [0, 0.05) is 17.3 Å². The minimum Gasteiger partial charge on any atom is -0.352 e. The highest BCUT2D eigenvalue weighted by atomic mass is 32.2. The highest BCUT2D eigenvalue weighted by molar-refractivity contribution is 8.00. The van der Waals surface area contributed by atoms with Crippen molar-refractivity contribution in [1.29, 1.82) is 0 Å². The van der Waals surface area contributed by atoms with Crippen LogP contribution in [0.15, 0.2) is 0 Å². The number of nitrogens with zero attached hydrogens (tertiary/aromatic N) is 1. The lowest BCUT2D eigenvalue weighted by molar-refractivity contribution is -0.125. The molecule has 0 bridgehead atoms. The Morgan fingerprint density at radius 2 is 1.96 bits per heavy atom. The zero-order valence-electron chi connectivity index (χ0n) is 17.6. The summed E-state index contributed by atoms with van der Waals surface area (Å²) in [6, 6.07) is 0.972. The van der Waals surface area contributed by atoms with Crippen molar-refractivity contribution in [3.63, 3.8) is 0 Å². The summed E-state index contributed by atoms with van der Waals surface area (Å²) in [4.78, 5) is 15.2. The molecule has 2 aliphatic carbocycles. The summed E-state index contributed by atoms with van der Waals surface area (Å²) in [5.41, 5.74) is 6.91. The first kappa shape index (κ1) is 20.9. The summed E-state index contributed by atoms with van der Waals surface area (Å²) in [7, 11) is 2.15. The van der Waals surface area contributed by atoms with Crippen LogP contribution in [-0.2, 0) is 4.79 Å². The molecule has 2 heterocycles. The number of carbonyl (C=O) groups is 1. The van der Waals surface area contributed by atoms with Crippen LogP contribution in [0.2, 0.25) is 0 Å². The SMILES string of the molecule is CC(SC1NNCN1C)C1CCCC(NC(=O)C2CCC3CCCCC3N2)C1. The molecule has 0 radical (unpaired) electrons. The molecule has 0 aromatic carbocycles. The third kappa shape index (κ3) is 5.04. The highest BCUT2D eigenvalue weighted by Crippen LogP contribution is 2.35. The van der Waals surface area contributed by atoms with E-state index < -0.39 is 0 Å². The molecule has 4 rings (SSSR count). The number of fused-ring (bicyclic) bond motifs is 1. The van der Waals surface area contributed by atoms with E-state index in [-0.39, 0.29) is 11.9 Å². The first-order chi connectivity index (χ1) is 13.6. The lowest BCUT2D eigenvalue weighted by Gasteiger charge is -2.41. The average molecular weight is 410 g/mol. The van der Waals surface area contributed by atoms with Gasteiger partial charge in [0.15, 0.2) is 0 Å². The fraction of sp³-hybridized carbons (Fsp3) is 0.952. The van der Waals surface area contributed by atoms with Gasteiger partial charge in [0.05, 0.1) is 12.7 Å². The zero-order chi connectivity index (χ0) is 19.5. The molecule has 2 aliphatic heterocycles. The topological polar surface area (TPSA) is 68.4 Å². The zero-order valence-corrected chi connectivity index (χ0v) is 18.4. The Labute approximate surface area is 174 Å². The van der Waals surface area contributed by atoms with Gasteiger partial charge in [-0.2, -0.15) is 0 Å². The Kier molecular flexibility index (Phi) is 7.20. The maximum absolute atomic E-state index is 12.9. The molecular weight excluding hydrogens is 370 g/mol. The van der Waals surface area contributed by atoms with Gasteiger partial charge in [-0.15, -0.1) is 11.8 Å². The molecule has 0 aromatic heterocycles. The largest absolute Gasteiger partial charge is 0.352 e. The minimum atomic E-state index is 0.0361. The second kappa shape index (κ2) is 9.65. The highest BCUT2D eigenvalue weighted by Gasteiger charge is 2.36. The smallest absolute Gasteiger partial charge is 0.237 e. The van der Waals surface area contributed by atoms with Crippen molar-refractivity contribution in [2.24, 2.45) is 11.8 Å². The Morgan fingerprint density at radius 1 is 1.11 bits per heavy atom. The molecule has 7 atom stereocenters. The standard InChI is InChI=1S/C21H39N5OS/c1-14(28-21-25-22-13-26(21)2)16-7-5-8-17(12-16)23-20(27)19-11-10-15-6-3-4-9-18(15)24-19/h14-19,21-22,24-25H,3-13H2,1-2H3,(H,23,27). The Bertz CT molecular complexity index is 535. The monoisotopic (exact) mass is 409 g/mol. The number of thioether (sulfide) groups is 1. The number of amides is 1. The maximum Gasteiger partial charge on any atom is 0.237 e. The summed E-state index contributed by atoms with van der Waals surface area (Å²) in [5, 5.41) is 7.71. The van der Waals surface area contributed by atoms with Crippen LogP contribution in [0, 0.1) is 11.8 Å². The van der Waals surface area contributed by atoms with Crippen LogP contribution in [0.25, 0.3) is 0 Å². The van der Waals surface area contributed by atoms with E-state index in [1.165, 1.54) is 44.9 Å². The van der Waals surface area contributed by atoms with Gasteiger partial charge in [-0.25, -0.2) is 10.9 Å². The van der Waals surface area contributed by atoms with Crippen LogP contribution in [-0.4, -0.2) is 53.4 Å². The fourth-order valence-corrected chi connectivity index (χ4v) is 7.00. The van der Waals surface area contributed by atoms with Gasteiger partial charge in [0.25, 0.3) is 0 Å². The lowest BCUT2D eigenvalue weighted by atomic mass is 9.77. The van der Waals surface area contributed by atoms with Crippen LogP contribution >= 0.6 is 11.8 Å². The maximum atomic E-state index is 12.9. The Morgan fingerprint density at radius 3 is 2.79 bits per heavy atom. The fourth-order valence-electron chi connectivity index (χ4n) is 5.69. The van der Waals surface area contributed by atoms with Crippen molar-refractivity contribution in [2.75, 3.05) is 13.7 Å². The normalized spacial score (nSPS) is 40.6. The molecule has 0 spiro atoms. The molecule has 4 N–H and O–H groups in total.